The summed E-state index contributed by atoms with van der Waals surface area (Å²) in [5, 5.41) is 6.29. The second kappa shape index (κ2) is 10.2. The van der Waals surface area contributed by atoms with E-state index in [9.17, 15) is 14.4 Å². The molecule has 1 heterocycles. The first-order valence-corrected chi connectivity index (χ1v) is 11.5. The lowest BCUT2D eigenvalue weighted by Crippen LogP contribution is -2.47. The first-order valence-electron chi connectivity index (χ1n) is 11.2. The Morgan fingerprint density at radius 1 is 1.00 bits per heavy atom. The molecule has 1 aliphatic rings. The Morgan fingerprint density at radius 3 is 2.31 bits per heavy atom. The summed E-state index contributed by atoms with van der Waals surface area (Å²) in [6.45, 7) is 1.25. The van der Waals surface area contributed by atoms with E-state index in [1.165, 1.54) is 0 Å². The highest BCUT2D eigenvalue weighted by atomic mass is 35.5. The van der Waals surface area contributed by atoms with Gasteiger partial charge in [-0.2, -0.15) is 0 Å². The zero-order chi connectivity index (χ0) is 25.0. The van der Waals surface area contributed by atoms with Gasteiger partial charge >= 0.3 is 6.03 Å². The Balaban J connectivity index is 1.51. The van der Waals surface area contributed by atoms with Crippen molar-refractivity contribution in [2.45, 2.75) is 24.9 Å². The summed E-state index contributed by atoms with van der Waals surface area (Å²) in [6, 6.07) is 22.9. The number of urea groups is 1. The van der Waals surface area contributed by atoms with Gasteiger partial charge in [-0.1, -0.05) is 72.3 Å². The van der Waals surface area contributed by atoms with Crippen LogP contribution in [0, 0.1) is 0 Å². The zero-order valence-corrected chi connectivity index (χ0v) is 20.2. The second-order valence-corrected chi connectivity index (χ2v) is 9.04. The van der Waals surface area contributed by atoms with Crippen LogP contribution in [0.4, 0.5) is 4.79 Å². The average Bonchev–Trinajstić information content (AvgIpc) is 3.06. The molecule has 1 aliphatic heterocycles. The van der Waals surface area contributed by atoms with Gasteiger partial charge in [0.05, 0.1) is 13.2 Å². The molecule has 1 fully saturated rings. The Bertz CT molecular complexity index is 1230. The molecule has 2 atom stereocenters. The molecule has 0 spiro atoms. The summed E-state index contributed by atoms with van der Waals surface area (Å²) in [5.41, 5.74) is 1.28. The number of amides is 4. The summed E-state index contributed by atoms with van der Waals surface area (Å²) in [7, 11) is 1.55. The van der Waals surface area contributed by atoms with Gasteiger partial charge in [-0.15, -0.1) is 0 Å². The normalized spacial score (nSPS) is 18.2. The van der Waals surface area contributed by atoms with Crippen molar-refractivity contribution in [3.63, 3.8) is 0 Å². The van der Waals surface area contributed by atoms with Gasteiger partial charge in [0.2, 0.25) is 5.91 Å². The van der Waals surface area contributed by atoms with E-state index in [0.29, 0.717) is 10.8 Å². The fourth-order valence-corrected chi connectivity index (χ4v) is 4.38. The van der Waals surface area contributed by atoms with E-state index in [1.807, 2.05) is 60.7 Å². The molecule has 0 aromatic heterocycles. The van der Waals surface area contributed by atoms with Gasteiger partial charge in [-0.3, -0.25) is 14.5 Å². The van der Waals surface area contributed by atoms with Crippen molar-refractivity contribution < 1.29 is 19.1 Å². The van der Waals surface area contributed by atoms with Crippen LogP contribution in [0.5, 0.6) is 5.75 Å². The lowest BCUT2D eigenvalue weighted by atomic mass is 9.92. The van der Waals surface area contributed by atoms with Gasteiger partial charge < -0.3 is 15.4 Å². The van der Waals surface area contributed by atoms with Crippen molar-refractivity contribution in [2.75, 3.05) is 13.7 Å². The fourth-order valence-electron chi connectivity index (χ4n) is 4.25. The smallest absolute Gasteiger partial charge is 0.325 e. The number of benzene rings is 3. The summed E-state index contributed by atoms with van der Waals surface area (Å²) >= 11 is 6.03. The number of halogens is 1. The number of nitrogens with one attached hydrogen (secondary N) is 2. The molecular formula is C27H26ClN3O4. The largest absolute Gasteiger partial charge is 0.496 e. The number of para-hydroxylation sites is 1. The van der Waals surface area contributed by atoms with Gasteiger partial charge in [-0.05, 0) is 41.8 Å². The molecule has 35 heavy (non-hydrogen) atoms. The Hall–Kier alpha value is -3.84. The predicted octanol–water partition coefficient (Wildman–Crippen LogP) is 4.11. The summed E-state index contributed by atoms with van der Waals surface area (Å²) in [5.74, 6) is -0.300. The number of hydrogen-bond acceptors (Lipinski definition) is 4. The van der Waals surface area contributed by atoms with Crippen molar-refractivity contribution in [1.82, 2.24) is 15.5 Å². The van der Waals surface area contributed by atoms with Crippen LogP contribution in [0.3, 0.4) is 0 Å². The lowest BCUT2D eigenvalue weighted by molar-refractivity contribution is -0.134. The number of carbonyl (C=O) groups is 3. The van der Waals surface area contributed by atoms with E-state index >= 15 is 0 Å². The zero-order valence-electron chi connectivity index (χ0n) is 19.5. The first kappa shape index (κ1) is 24.3. The maximum absolute atomic E-state index is 13.2. The lowest BCUT2D eigenvalue weighted by Gasteiger charge is -2.23. The standard InChI is InChI=1S/C27H26ClN3O4/c1-27(16-20-10-6-7-11-22(20)35-2)25(33)31(26(34)30-27)17-23(32)29-24(18-8-4-3-5-9-18)19-12-14-21(28)15-13-19/h3-15,24H,16-17H2,1-2H3,(H,29,32)(H,30,34). The van der Waals surface area contributed by atoms with Crippen LogP contribution < -0.4 is 15.4 Å². The topological polar surface area (TPSA) is 87.7 Å². The molecule has 7 nitrogen and oxygen atoms in total. The van der Waals surface area contributed by atoms with Gasteiger partial charge in [0.25, 0.3) is 5.91 Å². The molecule has 4 rings (SSSR count). The molecule has 8 heteroatoms. The van der Waals surface area contributed by atoms with E-state index in [2.05, 4.69) is 10.6 Å². The predicted molar refractivity (Wildman–Crippen MR) is 133 cm³/mol. The molecule has 2 N–H and O–H groups in total. The second-order valence-electron chi connectivity index (χ2n) is 8.60. The highest BCUT2D eigenvalue weighted by Gasteiger charge is 2.48. The number of nitrogens with zero attached hydrogens (tertiary/aromatic N) is 1. The fraction of sp³-hybridized carbons (Fsp3) is 0.222. The number of carbonyl (C=O) groups excluding carboxylic acids is 3. The minimum Gasteiger partial charge on any atom is -0.496 e. The molecule has 0 saturated carbocycles. The van der Waals surface area contributed by atoms with Gasteiger partial charge in [0, 0.05) is 11.4 Å². The van der Waals surface area contributed by atoms with Crippen molar-refractivity contribution in [3.8, 4) is 5.75 Å². The summed E-state index contributed by atoms with van der Waals surface area (Å²) in [4.78, 5) is 40.0. The summed E-state index contributed by atoms with van der Waals surface area (Å²) < 4.78 is 5.38. The number of rotatable bonds is 8. The van der Waals surface area contributed by atoms with Crippen LogP contribution in [-0.4, -0.2) is 41.9 Å². The van der Waals surface area contributed by atoms with E-state index in [4.69, 9.17) is 16.3 Å². The third-order valence-corrected chi connectivity index (χ3v) is 6.28. The molecule has 0 aliphatic carbocycles. The Labute approximate surface area is 209 Å². The molecule has 3 aromatic carbocycles. The molecule has 4 amide bonds. The third-order valence-electron chi connectivity index (χ3n) is 6.02. The monoisotopic (exact) mass is 491 g/mol. The summed E-state index contributed by atoms with van der Waals surface area (Å²) in [6.07, 6.45) is 0.233. The van der Waals surface area contributed by atoms with Crippen LogP contribution >= 0.6 is 11.6 Å². The van der Waals surface area contributed by atoms with Crippen LogP contribution in [-0.2, 0) is 16.0 Å². The number of methoxy groups -OCH3 is 1. The van der Waals surface area contributed by atoms with E-state index in [1.54, 1.807) is 32.2 Å². The van der Waals surface area contributed by atoms with Crippen molar-refractivity contribution in [2.24, 2.45) is 0 Å². The maximum atomic E-state index is 13.2. The number of hydrogen-bond donors (Lipinski definition) is 2. The molecular weight excluding hydrogens is 466 g/mol. The quantitative estimate of drug-likeness (QED) is 0.464. The molecule has 1 saturated heterocycles. The van der Waals surface area contributed by atoms with Crippen molar-refractivity contribution >= 4 is 29.4 Å². The minimum absolute atomic E-state index is 0.233. The van der Waals surface area contributed by atoms with Gasteiger partial charge in [-0.25, -0.2) is 4.79 Å². The van der Waals surface area contributed by atoms with Crippen molar-refractivity contribution in [3.05, 3.63) is 101 Å². The molecule has 3 aromatic rings. The molecule has 0 bridgehead atoms. The Kier molecular flexibility index (Phi) is 7.07. The number of ether oxygens (including phenoxy) is 1. The van der Waals surface area contributed by atoms with Gasteiger partial charge in [0.1, 0.15) is 17.8 Å². The minimum atomic E-state index is -1.19. The van der Waals surface area contributed by atoms with Crippen LogP contribution in [0.15, 0.2) is 78.9 Å². The molecule has 2 unspecified atom stereocenters. The highest BCUT2D eigenvalue weighted by Crippen LogP contribution is 2.28. The number of imide groups is 1. The van der Waals surface area contributed by atoms with Crippen molar-refractivity contribution in [1.29, 1.82) is 0 Å². The van der Waals surface area contributed by atoms with Gasteiger partial charge in [0.15, 0.2) is 0 Å². The van der Waals surface area contributed by atoms with E-state index in [0.717, 1.165) is 21.6 Å². The molecule has 180 valence electrons. The average molecular weight is 492 g/mol. The van der Waals surface area contributed by atoms with E-state index < -0.39 is 36.0 Å². The maximum Gasteiger partial charge on any atom is 0.325 e. The highest BCUT2D eigenvalue weighted by molar-refractivity contribution is 6.30. The van der Waals surface area contributed by atoms with Crippen LogP contribution in [0.2, 0.25) is 5.02 Å². The van der Waals surface area contributed by atoms with Crippen LogP contribution in [0.25, 0.3) is 0 Å². The third kappa shape index (κ3) is 5.30. The first-order chi connectivity index (χ1) is 16.8. The SMILES string of the molecule is COc1ccccc1CC1(C)NC(=O)N(CC(=O)NC(c2ccccc2)c2ccc(Cl)cc2)C1=O. The molecule has 0 radical (unpaired) electrons. The van der Waals surface area contributed by atoms with Crippen LogP contribution in [0.1, 0.15) is 29.7 Å². The van der Waals surface area contributed by atoms with E-state index in [-0.39, 0.29) is 6.42 Å². The Morgan fingerprint density at radius 2 is 1.63 bits per heavy atom.